The topological polar surface area (TPSA) is 49.9 Å². The molecular weight excluding hydrogens is 286 g/mol. The highest BCUT2D eigenvalue weighted by molar-refractivity contribution is 5.96. The highest BCUT2D eigenvalue weighted by Crippen LogP contribution is 2.18. The zero-order valence-electron chi connectivity index (χ0n) is 12.7. The summed E-state index contributed by atoms with van der Waals surface area (Å²) in [6.07, 6.45) is 2.60. The lowest BCUT2D eigenvalue weighted by Gasteiger charge is -2.05. The zero-order valence-corrected chi connectivity index (χ0v) is 12.7. The highest BCUT2D eigenvalue weighted by atomic mass is 16.1. The van der Waals surface area contributed by atoms with Crippen molar-refractivity contribution in [2.75, 3.05) is 0 Å². The van der Waals surface area contributed by atoms with Crippen LogP contribution in [0.5, 0.6) is 0 Å². The molecule has 3 rings (SSSR count). The average Bonchev–Trinajstić information content (AvgIpc) is 2.62. The summed E-state index contributed by atoms with van der Waals surface area (Å²) < 4.78 is 0. The van der Waals surface area contributed by atoms with E-state index in [0.717, 1.165) is 16.7 Å². The Morgan fingerprint density at radius 3 is 2.22 bits per heavy atom. The number of Topliss-reactive ketones (excluding diaryl/α,β-unsaturated/α-hetero) is 1. The molecule has 1 heterocycles. The third-order valence-electron chi connectivity index (χ3n) is 3.79. The molecule has 0 atom stereocenters. The van der Waals surface area contributed by atoms with E-state index in [1.54, 1.807) is 12.3 Å². The summed E-state index contributed by atoms with van der Waals surface area (Å²) in [5, 5.41) is 0. The van der Waals surface area contributed by atoms with Crippen LogP contribution in [-0.4, -0.2) is 10.8 Å². The Bertz CT molecular complexity index is 852. The molecule has 1 N–H and O–H groups in total. The van der Waals surface area contributed by atoms with Crippen molar-refractivity contribution < 1.29 is 4.79 Å². The SMILES string of the molecule is O=C(CCc1ccccc1)c1cc(-c2ccccc2)c[nH]c1=O. The van der Waals surface area contributed by atoms with Gasteiger partial charge in [0.05, 0.1) is 5.56 Å². The van der Waals surface area contributed by atoms with Gasteiger partial charge in [-0.05, 0) is 29.2 Å². The molecule has 23 heavy (non-hydrogen) atoms. The van der Waals surface area contributed by atoms with Crippen molar-refractivity contribution in [3.63, 3.8) is 0 Å². The van der Waals surface area contributed by atoms with E-state index in [4.69, 9.17) is 0 Å². The fourth-order valence-corrected chi connectivity index (χ4v) is 2.53. The van der Waals surface area contributed by atoms with Crippen molar-refractivity contribution in [1.82, 2.24) is 4.98 Å². The minimum Gasteiger partial charge on any atom is -0.328 e. The molecule has 0 saturated heterocycles. The van der Waals surface area contributed by atoms with Gasteiger partial charge in [0.2, 0.25) is 0 Å². The monoisotopic (exact) mass is 303 g/mol. The number of pyridine rings is 1. The van der Waals surface area contributed by atoms with Gasteiger partial charge in [0, 0.05) is 12.6 Å². The maximum Gasteiger partial charge on any atom is 0.258 e. The van der Waals surface area contributed by atoms with E-state index in [-0.39, 0.29) is 16.9 Å². The zero-order chi connectivity index (χ0) is 16.1. The number of aromatic nitrogens is 1. The van der Waals surface area contributed by atoms with Crippen molar-refractivity contribution in [1.29, 1.82) is 0 Å². The standard InChI is InChI=1S/C20H17NO2/c22-19(12-11-15-7-3-1-4-8-15)18-13-17(14-21-20(18)23)16-9-5-2-6-10-16/h1-10,13-14H,11-12H2,(H,21,23). The van der Waals surface area contributed by atoms with Gasteiger partial charge >= 0.3 is 0 Å². The minimum absolute atomic E-state index is 0.132. The molecule has 3 nitrogen and oxygen atoms in total. The predicted octanol–water partition coefficient (Wildman–Crippen LogP) is 3.86. The van der Waals surface area contributed by atoms with Crippen LogP contribution in [0.3, 0.4) is 0 Å². The van der Waals surface area contributed by atoms with Gasteiger partial charge in [0.25, 0.3) is 5.56 Å². The molecule has 0 amide bonds. The summed E-state index contributed by atoms with van der Waals surface area (Å²) in [7, 11) is 0. The van der Waals surface area contributed by atoms with E-state index in [0.29, 0.717) is 12.8 Å². The van der Waals surface area contributed by atoms with Crippen molar-refractivity contribution in [2.45, 2.75) is 12.8 Å². The Balaban J connectivity index is 1.81. The Kier molecular flexibility index (Phi) is 4.48. The van der Waals surface area contributed by atoms with Crippen molar-refractivity contribution in [3.8, 4) is 11.1 Å². The van der Waals surface area contributed by atoms with Gasteiger partial charge in [-0.25, -0.2) is 0 Å². The molecule has 0 radical (unpaired) electrons. The number of ketones is 1. The normalized spacial score (nSPS) is 10.4. The third kappa shape index (κ3) is 3.64. The number of aromatic amines is 1. The van der Waals surface area contributed by atoms with Crippen LogP contribution in [0.25, 0.3) is 11.1 Å². The number of carbonyl (C=O) groups excluding carboxylic acids is 1. The second-order valence-electron chi connectivity index (χ2n) is 5.41. The summed E-state index contributed by atoms with van der Waals surface area (Å²) in [6, 6.07) is 21.2. The predicted molar refractivity (Wildman–Crippen MR) is 91.6 cm³/mol. The maximum absolute atomic E-state index is 12.4. The Morgan fingerprint density at radius 2 is 1.52 bits per heavy atom. The second-order valence-corrected chi connectivity index (χ2v) is 5.41. The van der Waals surface area contributed by atoms with E-state index >= 15 is 0 Å². The summed E-state index contributed by atoms with van der Waals surface area (Å²) in [6.45, 7) is 0. The fourth-order valence-electron chi connectivity index (χ4n) is 2.53. The number of H-pyrrole nitrogens is 1. The van der Waals surface area contributed by atoms with Crippen molar-refractivity contribution >= 4 is 5.78 Å². The summed E-state index contributed by atoms with van der Waals surface area (Å²) in [5.41, 5.74) is 2.80. The molecule has 3 heteroatoms. The molecule has 0 bridgehead atoms. The first-order chi connectivity index (χ1) is 11.2. The number of benzene rings is 2. The van der Waals surface area contributed by atoms with Crippen LogP contribution in [0.4, 0.5) is 0 Å². The van der Waals surface area contributed by atoms with Crippen LogP contribution in [-0.2, 0) is 6.42 Å². The number of nitrogens with one attached hydrogen (secondary N) is 1. The van der Waals surface area contributed by atoms with Gasteiger partial charge in [-0.1, -0.05) is 60.7 Å². The van der Waals surface area contributed by atoms with E-state index in [2.05, 4.69) is 4.98 Å². The molecule has 0 aliphatic rings. The molecule has 0 unspecified atom stereocenters. The summed E-state index contributed by atoms with van der Waals surface area (Å²) >= 11 is 0. The number of hydrogen-bond acceptors (Lipinski definition) is 2. The number of rotatable bonds is 5. The third-order valence-corrected chi connectivity index (χ3v) is 3.79. The molecule has 0 saturated carbocycles. The largest absolute Gasteiger partial charge is 0.328 e. The molecule has 0 spiro atoms. The molecular formula is C20H17NO2. The van der Waals surface area contributed by atoms with Gasteiger partial charge in [-0.15, -0.1) is 0 Å². The van der Waals surface area contributed by atoms with Gasteiger partial charge in [0.15, 0.2) is 5.78 Å². The van der Waals surface area contributed by atoms with Gasteiger partial charge in [-0.3, -0.25) is 9.59 Å². The van der Waals surface area contributed by atoms with Crippen LogP contribution >= 0.6 is 0 Å². The van der Waals surface area contributed by atoms with E-state index in [1.807, 2.05) is 60.7 Å². The van der Waals surface area contributed by atoms with Crippen LogP contribution in [0.2, 0.25) is 0 Å². The van der Waals surface area contributed by atoms with E-state index in [9.17, 15) is 9.59 Å². The number of hydrogen-bond donors (Lipinski definition) is 1. The summed E-state index contributed by atoms with van der Waals surface area (Å²) in [4.78, 5) is 27.1. The van der Waals surface area contributed by atoms with Crippen LogP contribution in [0.1, 0.15) is 22.3 Å². The molecule has 3 aromatic rings. The number of aryl methyl sites for hydroxylation is 1. The minimum atomic E-state index is -0.331. The average molecular weight is 303 g/mol. The lowest BCUT2D eigenvalue weighted by atomic mass is 10.0. The molecule has 0 aliphatic heterocycles. The maximum atomic E-state index is 12.4. The fraction of sp³-hybridized carbons (Fsp3) is 0.100. The quantitative estimate of drug-likeness (QED) is 0.728. The van der Waals surface area contributed by atoms with Crippen LogP contribution in [0.15, 0.2) is 77.7 Å². The Hall–Kier alpha value is -2.94. The molecule has 1 aromatic heterocycles. The Labute approximate surface area is 134 Å². The number of carbonyl (C=O) groups is 1. The van der Waals surface area contributed by atoms with Crippen molar-refractivity contribution in [2.24, 2.45) is 0 Å². The lowest BCUT2D eigenvalue weighted by molar-refractivity contribution is 0.0981. The second kappa shape index (κ2) is 6.88. The molecule has 114 valence electrons. The molecule has 2 aromatic carbocycles. The first-order valence-corrected chi connectivity index (χ1v) is 7.59. The molecule has 0 aliphatic carbocycles. The Morgan fingerprint density at radius 1 is 0.870 bits per heavy atom. The van der Waals surface area contributed by atoms with Crippen LogP contribution in [0, 0.1) is 0 Å². The van der Waals surface area contributed by atoms with Crippen LogP contribution < -0.4 is 5.56 Å². The van der Waals surface area contributed by atoms with Gasteiger partial charge < -0.3 is 4.98 Å². The highest BCUT2D eigenvalue weighted by Gasteiger charge is 2.12. The first-order valence-electron chi connectivity index (χ1n) is 7.59. The lowest BCUT2D eigenvalue weighted by Crippen LogP contribution is -2.17. The van der Waals surface area contributed by atoms with E-state index < -0.39 is 0 Å². The van der Waals surface area contributed by atoms with Crippen molar-refractivity contribution in [3.05, 3.63) is 94.4 Å². The van der Waals surface area contributed by atoms with Gasteiger partial charge in [-0.2, -0.15) is 0 Å². The smallest absolute Gasteiger partial charge is 0.258 e. The molecule has 0 fully saturated rings. The van der Waals surface area contributed by atoms with Gasteiger partial charge in [0.1, 0.15) is 0 Å². The van der Waals surface area contributed by atoms with E-state index in [1.165, 1.54) is 0 Å². The summed E-state index contributed by atoms with van der Waals surface area (Å²) in [5.74, 6) is -0.132. The first kappa shape index (κ1) is 15.0.